The maximum absolute atomic E-state index is 9.49. The Labute approximate surface area is 78.5 Å². The molecule has 1 aromatic carbocycles. The van der Waals surface area contributed by atoms with E-state index >= 15 is 0 Å². The number of aromatic hydroxyl groups is 1. The van der Waals surface area contributed by atoms with Gasteiger partial charge in [-0.15, -0.1) is 0 Å². The standard InChI is InChI=1S/C11H14O2/c1-3-5-9-6-7-11(13-4-2)10(12)8-9/h3,5-8,12H,4H2,1-2H3/b5-3+. The van der Waals surface area contributed by atoms with Gasteiger partial charge in [0.15, 0.2) is 11.5 Å². The second-order valence-electron chi connectivity index (χ2n) is 2.66. The van der Waals surface area contributed by atoms with Crippen molar-refractivity contribution in [3.8, 4) is 11.5 Å². The second-order valence-corrected chi connectivity index (χ2v) is 2.66. The van der Waals surface area contributed by atoms with Crippen LogP contribution in [0.5, 0.6) is 11.5 Å². The van der Waals surface area contributed by atoms with E-state index in [9.17, 15) is 5.11 Å². The maximum Gasteiger partial charge on any atom is 0.160 e. The lowest BCUT2D eigenvalue weighted by atomic mass is 10.2. The van der Waals surface area contributed by atoms with Crippen LogP contribution in [0.15, 0.2) is 24.3 Å². The van der Waals surface area contributed by atoms with Gasteiger partial charge in [-0.25, -0.2) is 0 Å². The lowest BCUT2D eigenvalue weighted by molar-refractivity contribution is 0.318. The van der Waals surface area contributed by atoms with Crippen LogP contribution in [0, 0.1) is 0 Å². The topological polar surface area (TPSA) is 29.5 Å². The molecule has 0 aromatic heterocycles. The summed E-state index contributed by atoms with van der Waals surface area (Å²) in [7, 11) is 0. The minimum atomic E-state index is 0.192. The predicted molar refractivity (Wildman–Crippen MR) is 54.0 cm³/mol. The molecule has 0 atom stereocenters. The third-order valence-electron chi connectivity index (χ3n) is 1.64. The van der Waals surface area contributed by atoms with Crippen molar-refractivity contribution in [1.29, 1.82) is 0 Å². The molecule has 13 heavy (non-hydrogen) atoms. The Balaban J connectivity index is 2.91. The van der Waals surface area contributed by atoms with Crippen molar-refractivity contribution in [3.05, 3.63) is 29.8 Å². The number of allylic oxidation sites excluding steroid dienone is 1. The Morgan fingerprint density at radius 1 is 1.46 bits per heavy atom. The Kier molecular flexibility index (Phi) is 3.38. The van der Waals surface area contributed by atoms with Crippen LogP contribution in [-0.4, -0.2) is 11.7 Å². The van der Waals surface area contributed by atoms with E-state index in [2.05, 4.69) is 0 Å². The van der Waals surface area contributed by atoms with Gasteiger partial charge in [0, 0.05) is 0 Å². The monoisotopic (exact) mass is 178 g/mol. The van der Waals surface area contributed by atoms with Gasteiger partial charge >= 0.3 is 0 Å². The molecule has 0 fully saturated rings. The molecule has 0 saturated carbocycles. The summed E-state index contributed by atoms with van der Waals surface area (Å²) in [5, 5.41) is 9.49. The molecule has 0 unspecified atom stereocenters. The molecule has 70 valence electrons. The van der Waals surface area contributed by atoms with Gasteiger partial charge in [-0.2, -0.15) is 0 Å². The Morgan fingerprint density at radius 2 is 2.23 bits per heavy atom. The van der Waals surface area contributed by atoms with Crippen LogP contribution < -0.4 is 4.74 Å². The average Bonchev–Trinajstić information content (AvgIpc) is 2.10. The highest BCUT2D eigenvalue weighted by molar-refractivity contribution is 5.55. The lowest BCUT2D eigenvalue weighted by Gasteiger charge is -2.05. The van der Waals surface area contributed by atoms with Crippen molar-refractivity contribution in [2.45, 2.75) is 13.8 Å². The first-order valence-corrected chi connectivity index (χ1v) is 4.36. The van der Waals surface area contributed by atoms with Gasteiger partial charge < -0.3 is 9.84 Å². The molecule has 0 bridgehead atoms. The molecule has 1 aromatic rings. The quantitative estimate of drug-likeness (QED) is 0.771. The van der Waals surface area contributed by atoms with E-state index in [1.165, 1.54) is 0 Å². The summed E-state index contributed by atoms with van der Waals surface area (Å²) in [6, 6.07) is 5.36. The Morgan fingerprint density at radius 3 is 2.77 bits per heavy atom. The molecule has 0 saturated heterocycles. The first-order valence-electron chi connectivity index (χ1n) is 4.36. The van der Waals surface area contributed by atoms with Crippen LogP contribution >= 0.6 is 0 Å². The fourth-order valence-electron chi connectivity index (χ4n) is 1.11. The van der Waals surface area contributed by atoms with E-state index in [0.717, 1.165) is 5.56 Å². The molecular formula is C11H14O2. The predicted octanol–water partition coefficient (Wildman–Crippen LogP) is 2.82. The minimum absolute atomic E-state index is 0.192. The molecule has 1 N–H and O–H groups in total. The number of rotatable bonds is 3. The normalized spacial score (nSPS) is 10.6. The zero-order valence-electron chi connectivity index (χ0n) is 7.95. The van der Waals surface area contributed by atoms with Gasteiger partial charge in [-0.1, -0.05) is 18.2 Å². The van der Waals surface area contributed by atoms with Gasteiger partial charge in [0.2, 0.25) is 0 Å². The van der Waals surface area contributed by atoms with Crippen molar-refractivity contribution in [2.75, 3.05) is 6.61 Å². The van der Waals surface area contributed by atoms with Crippen LogP contribution in [0.3, 0.4) is 0 Å². The third kappa shape index (κ3) is 2.51. The van der Waals surface area contributed by atoms with E-state index in [1.807, 2.05) is 32.1 Å². The van der Waals surface area contributed by atoms with Gasteiger partial charge in [0.25, 0.3) is 0 Å². The van der Waals surface area contributed by atoms with Crippen LogP contribution in [-0.2, 0) is 0 Å². The average molecular weight is 178 g/mol. The maximum atomic E-state index is 9.49. The smallest absolute Gasteiger partial charge is 0.160 e. The molecule has 2 heteroatoms. The Hall–Kier alpha value is -1.44. The summed E-state index contributed by atoms with van der Waals surface area (Å²) in [6.45, 7) is 4.39. The number of hydrogen-bond donors (Lipinski definition) is 1. The summed E-state index contributed by atoms with van der Waals surface area (Å²) in [5.74, 6) is 0.730. The van der Waals surface area contributed by atoms with E-state index in [-0.39, 0.29) is 5.75 Å². The SMILES string of the molecule is C/C=C/c1ccc(OCC)c(O)c1. The molecule has 0 aliphatic rings. The molecule has 2 nitrogen and oxygen atoms in total. The fourth-order valence-corrected chi connectivity index (χ4v) is 1.11. The zero-order chi connectivity index (χ0) is 9.68. The molecule has 0 radical (unpaired) electrons. The molecular weight excluding hydrogens is 164 g/mol. The van der Waals surface area contributed by atoms with Gasteiger partial charge in [0.05, 0.1) is 6.61 Å². The van der Waals surface area contributed by atoms with Crippen molar-refractivity contribution >= 4 is 6.08 Å². The molecule has 0 amide bonds. The summed E-state index contributed by atoms with van der Waals surface area (Å²) in [5.41, 5.74) is 0.975. The van der Waals surface area contributed by atoms with Gasteiger partial charge in [-0.3, -0.25) is 0 Å². The van der Waals surface area contributed by atoms with Crippen LogP contribution in [0.1, 0.15) is 19.4 Å². The molecule has 0 heterocycles. The first kappa shape index (κ1) is 9.65. The lowest BCUT2D eigenvalue weighted by Crippen LogP contribution is -1.91. The van der Waals surface area contributed by atoms with Crippen LogP contribution in [0.4, 0.5) is 0 Å². The Bertz CT molecular complexity index is 303. The highest BCUT2D eigenvalue weighted by Gasteiger charge is 2.00. The first-order chi connectivity index (χ1) is 6.27. The number of phenolic OH excluding ortho intramolecular Hbond substituents is 1. The van der Waals surface area contributed by atoms with Crippen molar-refractivity contribution in [2.24, 2.45) is 0 Å². The zero-order valence-corrected chi connectivity index (χ0v) is 7.95. The number of hydrogen-bond acceptors (Lipinski definition) is 2. The minimum Gasteiger partial charge on any atom is -0.504 e. The number of ether oxygens (including phenoxy) is 1. The van der Waals surface area contributed by atoms with Crippen LogP contribution in [0.2, 0.25) is 0 Å². The van der Waals surface area contributed by atoms with Crippen molar-refractivity contribution in [3.63, 3.8) is 0 Å². The molecule has 0 spiro atoms. The van der Waals surface area contributed by atoms with E-state index in [0.29, 0.717) is 12.4 Å². The van der Waals surface area contributed by atoms with Gasteiger partial charge in [-0.05, 0) is 31.5 Å². The summed E-state index contributed by atoms with van der Waals surface area (Å²) in [6.07, 6.45) is 3.85. The van der Waals surface area contributed by atoms with Crippen molar-refractivity contribution < 1.29 is 9.84 Å². The highest BCUT2D eigenvalue weighted by atomic mass is 16.5. The van der Waals surface area contributed by atoms with E-state index in [4.69, 9.17) is 4.74 Å². The highest BCUT2D eigenvalue weighted by Crippen LogP contribution is 2.27. The molecule has 1 rings (SSSR count). The van der Waals surface area contributed by atoms with Crippen molar-refractivity contribution in [1.82, 2.24) is 0 Å². The summed E-state index contributed by atoms with van der Waals surface area (Å²) >= 11 is 0. The third-order valence-corrected chi connectivity index (χ3v) is 1.64. The second kappa shape index (κ2) is 4.55. The summed E-state index contributed by atoms with van der Waals surface area (Å²) < 4.78 is 5.20. The van der Waals surface area contributed by atoms with Gasteiger partial charge in [0.1, 0.15) is 0 Å². The number of benzene rings is 1. The van der Waals surface area contributed by atoms with E-state index < -0.39 is 0 Å². The fraction of sp³-hybridized carbons (Fsp3) is 0.273. The summed E-state index contributed by atoms with van der Waals surface area (Å²) in [4.78, 5) is 0. The molecule has 0 aliphatic carbocycles. The largest absolute Gasteiger partial charge is 0.504 e. The number of phenols is 1. The molecule has 0 aliphatic heterocycles. The van der Waals surface area contributed by atoms with Crippen LogP contribution in [0.25, 0.3) is 6.08 Å². The van der Waals surface area contributed by atoms with E-state index in [1.54, 1.807) is 12.1 Å².